The summed E-state index contributed by atoms with van der Waals surface area (Å²) >= 11 is 0. The normalized spacial score (nSPS) is 16.8. The van der Waals surface area contributed by atoms with Crippen LogP contribution in [-0.4, -0.2) is 49.4 Å². The number of ether oxygens (including phenoxy) is 1. The minimum atomic E-state index is -0.387. The molecule has 1 aliphatic heterocycles. The maximum atomic E-state index is 13.4. The van der Waals surface area contributed by atoms with Crippen LogP contribution in [0.2, 0.25) is 0 Å². The highest BCUT2D eigenvalue weighted by atomic mass is 19.1. The van der Waals surface area contributed by atoms with Crippen LogP contribution in [0.15, 0.2) is 18.2 Å². The summed E-state index contributed by atoms with van der Waals surface area (Å²) in [6.45, 7) is 4.10. The number of nitrogens with one attached hydrogen (secondary N) is 1. The number of halogens is 1. The van der Waals surface area contributed by atoms with Crippen LogP contribution in [0.4, 0.5) is 9.18 Å². The van der Waals surface area contributed by atoms with Gasteiger partial charge in [0.1, 0.15) is 0 Å². The molecule has 5 nitrogen and oxygen atoms in total. The van der Waals surface area contributed by atoms with E-state index >= 15 is 0 Å². The Labute approximate surface area is 142 Å². The molecule has 1 aromatic carbocycles. The van der Waals surface area contributed by atoms with Crippen molar-refractivity contribution in [1.29, 1.82) is 0 Å². The molecule has 0 unspecified atom stereocenters. The van der Waals surface area contributed by atoms with Crippen LogP contribution >= 0.6 is 0 Å². The summed E-state index contributed by atoms with van der Waals surface area (Å²) < 4.78 is 18.3. The van der Waals surface area contributed by atoms with E-state index in [1.54, 1.807) is 17.0 Å². The average molecular weight is 338 g/mol. The Kier molecular flexibility index (Phi) is 6.43. The van der Waals surface area contributed by atoms with Gasteiger partial charge in [-0.25, -0.2) is 9.18 Å². The van der Waals surface area contributed by atoms with Gasteiger partial charge in [-0.15, -0.1) is 0 Å². The van der Waals surface area contributed by atoms with Crippen molar-refractivity contribution < 1.29 is 19.0 Å². The SMILES string of the molecule is CCC1(CO)CCN(C(=O)NCCc2ccc(F)c(OC)c2)CC1. The number of rotatable bonds is 6. The van der Waals surface area contributed by atoms with E-state index in [0.717, 1.165) is 24.8 Å². The molecule has 1 heterocycles. The summed E-state index contributed by atoms with van der Waals surface area (Å²) in [5, 5.41) is 12.4. The molecule has 0 saturated carbocycles. The Morgan fingerprint density at radius 1 is 1.42 bits per heavy atom. The molecule has 0 spiro atoms. The van der Waals surface area contributed by atoms with Crippen LogP contribution in [0.5, 0.6) is 5.75 Å². The number of carbonyl (C=O) groups excluding carboxylic acids is 1. The van der Waals surface area contributed by atoms with Crippen molar-refractivity contribution in [3.8, 4) is 5.75 Å². The molecule has 2 rings (SSSR count). The number of amides is 2. The standard InChI is InChI=1S/C18H27FN2O3/c1-3-18(13-22)7-10-21(11-8-18)17(23)20-9-6-14-4-5-15(19)16(12-14)24-2/h4-5,12,22H,3,6-11,13H2,1-2H3,(H,20,23). The summed E-state index contributed by atoms with van der Waals surface area (Å²) in [5.41, 5.74) is 0.888. The minimum Gasteiger partial charge on any atom is -0.494 e. The van der Waals surface area contributed by atoms with E-state index in [2.05, 4.69) is 12.2 Å². The van der Waals surface area contributed by atoms with Crippen molar-refractivity contribution >= 4 is 6.03 Å². The Morgan fingerprint density at radius 2 is 2.12 bits per heavy atom. The second-order valence-electron chi connectivity index (χ2n) is 6.45. The number of aliphatic hydroxyl groups is 1. The molecule has 1 saturated heterocycles. The zero-order chi connectivity index (χ0) is 17.6. The molecule has 134 valence electrons. The highest BCUT2D eigenvalue weighted by molar-refractivity contribution is 5.74. The number of hydrogen-bond donors (Lipinski definition) is 2. The molecule has 1 fully saturated rings. The van der Waals surface area contributed by atoms with Gasteiger partial charge in [0.25, 0.3) is 0 Å². The molecule has 2 amide bonds. The van der Waals surface area contributed by atoms with E-state index in [0.29, 0.717) is 26.1 Å². The highest BCUT2D eigenvalue weighted by Crippen LogP contribution is 2.34. The maximum absolute atomic E-state index is 13.4. The van der Waals surface area contributed by atoms with Gasteiger partial charge in [-0.1, -0.05) is 13.0 Å². The molecule has 1 aliphatic rings. The lowest BCUT2D eigenvalue weighted by Gasteiger charge is -2.40. The topological polar surface area (TPSA) is 61.8 Å². The Balaban J connectivity index is 1.78. The van der Waals surface area contributed by atoms with Crippen molar-refractivity contribution in [3.05, 3.63) is 29.6 Å². The third kappa shape index (κ3) is 4.38. The number of urea groups is 1. The van der Waals surface area contributed by atoms with Crippen molar-refractivity contribution in [2.75, 3.05) is 33.4 Å². The predicted octanol–water partition coefficient (Wildman–Crippen LogP) is 2.57. The fourth-order valence-corrected chi connectivity index (χ4v) is 3.09. The number of hydrogen-bond acceptors (Lipinski definition) is 3. The smallest absolute Gasteiger partial charge is 0.317 e. The summed E-state index contributed by atoms with van der Waals surface area (Å²) in [6.07, 6.45) is 3.22. The molecular formula is C18H27FN2O3. The van der Waals surface area contributed by atoms with Gasteiger partial charge in [-0.05, 0) is 48.8 Å². The number of aliphatic hydroxyl groups excluding tert-OH is 1. The highest BCUT2D eigenvalue weighted by Gasteiger charge is 2.33. The quantitative estimate of drug-likeness (QED) is 0.838. The molecule has 0 atom stereocenters. The van der Waals surface area contributed by atoms with Crippen molar-refractivity contribution in [1.82, 2.24) is 10.2 Å². The predicted molar refractivity (Wildman–Crippen MR) is 90.7 cm³/mol. The largest absolute Gasteiger partial charge is 0.494 e. The number of benzene rings is 1. The van der Waals surface area contributed by atoms with Crippen LogP contribution in [0.1, 0.15) is 31.7 Å². The molecule has 0 radical (unpaired) electrons. The summed E-state index contributed by atoms with van der Waals surface area (Å²) in [7, 11) is 1.43. The van der Waals surface area contributed by atoms with E-state index < -0.39 is 0 Å². The van der Waals surface area contributed by atoms with Gasteiger partial charge in [-0.2, -0.15) is 0 Å². The lowest BCUT2D eigenvalue weighted by atomic mass is 9.77. The fraction of sp³-hybridized carbons (Fsp3) is 0.611. The van der Waals surface area contributed by atoms with Gasteiger partial charge in [0.15, 0.2) is 11.6 Å². The average Bonchev–Trinajstić information content (AvgIpc) is 2.63. The summed E-state index contributed by atoms with van der Waals surface area (Å²) in [6, 6.07) is 4.65. The number of carbonyl (C=O) groups is 1. The van der Waals surface area contributed by atoms with Gasteiger partial charge in [-0.3, -0.25) is 0 Å². The van der Waals surface area contributed by atoms with Crippen LogP contribution in [0, 0.1) is 11.2 Å². The number of nitrogens with zero attached hydrogens (tertiary/aromatic N) is 1. The first-order chi connectivity index (χ1) is 11.5. The van der Waals surface area contributed by atoms with Crippen LogP contribution in [0.25, 0.3) is 0 Å². The van der Waals surface area contributed by atoms with E-state index in [1.807, 2.05) is 0 Å². The molecule has 0 bridgehead atoms. The molecule has 1 aromatic rings. The number of methoxy groups -OCH3 is 1. The third-order valence-corrected chi connectivity index (χ3v) is 5.10. The van der Waals surface area contributed by atoms with Gasteiger partial charge < -0.3 is 20.1 Å². The molecule has 6 heteroatoms. The summed E-state index contributed by atoms with van der Waals surface area (Å²) in [5.74, 6) is -0.170. The van der Waals surface area contributed by atoms with Crippen LogP contribution in [-0.2, 0) is 6.42 Å². The number of likely N-dealkylation sites (tertiary alicyclic amines) is 1. The first-order valence-corrected chi connectivity index (χ1v) is 8.49. The van der Waals surface area contributed by atoms with Gasteiger partial charge in [0.05, 0.1) is 7.11 Å². The fourth-order valence-electron chi connectivity index (χ4n) is 3.09. The number of piperidine rings is 1. The molecule has 2 N–H and O–H groups in total. The van der Waals surface area contributed by atoms with E-state index in [4.69, 9.17) is 4.74 Å². The van der Waals surface area contributed by atoms with Crippen molar-refractivity contribution in [3.63, 3.8) is 0 Å². The second kappa shape index (κ2) is 8.33. The lowest BCUT2D eigenvalue weighted by Crippen LogP contribution is -2.48. The first-order valence-electron chi connectivity index (χ1n) is 8.49. The van der Waals surface area contributed by atoms with Gasteiger partial charge in [0, 0.05) is 26.2 Å². The Bertz CT molecular complexity index is 551. The maximum Gasteiger partial charge on any atom is 0.317 e. The third-order valence-electron chi connectivity index (χ3n) is 5.10. The van der Waals surface area contributed by atoms with Crippen LogP contribution in [0.3, 0.4) is 0 Å². The van der Waals surface area contributed by atoms with E-state index in [9.17, 15) is 14.3 Å². The zero-order valence-corrected chi connectivity index (χ0v) is 14.5. The molecule has 0 aromatic heterocycles. The minimum absolute atomic E-state index is 0.0263. The monoisotopic (exact) mass is 338 g/mol. The van der Waals surface area contributed by atoms with Gasteiger partial charge in [0.2, 0.25) is 0 Å². The Hall–Kier alpha value is -1.82. The first kappa shape index (κ1) is 18.5. The second-order valence-corrected chi connectivity index (χ2v) is 6.45. The lowest BCUT2D eigenvalue weighted by molar-refractivity contribution is 0.0520. The van der Waals surface area contributed by atoms with Crippen molar-refractivity contribution in [2.45, 2.75) is 32.6 Å². The Morgan fingerprint density at radius 3 is 2.71 bits per heavy atom. The van der Waals surface area contributed by atoms with Crippen LogP contribution < -0.4 is 10.1 Å². The molecule has 24 heavy (non-hydrogen) atoms. The van der Waals surface area contributed by atoms with Crippen molar-refractivity contribution in [2.24, 2.45) is 5.41 Å². The molecular weight excluding hydrogens is 311 g/mol. The van der Waals surface area contributed by atoms with E-state index in [-0.39, 0.29) is 29.6 Å². The van der Waals surface area contributed by atoms with Gasteiger partial charge >= 0.3 is 6.03 Å². The molecule has 0 aliphatic carbocycles. The van der Waals surface area contributed by atoms with E-state index in [1.165, 1.54) is 13.2 Å². The summed E-state index contributed by atoms with van der Waals surface area (Å²) in [4.78, 5) is 14.0. The zero-order valence-electron chi connectivity index (χ0n) is 14.5.